The van der Waals surface area contributed by atoms with Crippen LogP contribution in [0.5, 0.6) is 0 Å². The second kappa shape index (κ2) is 5.60. The number of rotatable bonds is 5. The van der Waals surface area contributed by atoms with Crippen LogP contribution in [0, 0.1) is 0 Å². The van der Waals surface area contributed by atoms with Gasteiger partial charge in [-0.2, -0.15) is 0 Å². The molecular formula is C14H16N2O3S. The molecule has 0 fully saturated rings. The van der Waals surface area contributed by atoms with Crippen molar-refractivity contribution in [3.63, 3.8) is 0 Å². The lowest BCUT2D eigenvalue weighted by Gasteiger charge is -2.06. The fourth-order valence-corrected chi connectivity index (χ4v) is 2.87. The molecule has 6 heteroatoms. The lowest BCUT2D eigenvalue weighted by atomic mass is 10.2. The van der Waals surface area contributed by atoms with Gasteiger partial charge in [0.05, 0.1) is 4.90 Å². The average molecular weight is 292 g/mol. The van der Waals surface area contributed by atoms with Crippen LogP contribution in [0.15, 0.2) is 47.6 Å². The lowest BCUT2D eigenvalue weighted by molar-refractivity contribution is 0.101. The van der Waals surface area contributed by atoms with Gasteiger partial charge in [0, 0.05) is 31.5 Å². The van der Waals surface area contributed by atoms with Crippen LogP contribution in [0.3, 0.4) is 0 Å². The van der Waals surface area contributed by atoms with E-state index in [4.69, 9.17) is 0 Å². The van der Waals surface area contributed by atoms with Crippen LogP contribution in [0.2, 0.25) is 0 Å². The molecule has 0 saturated heterocycles. The Hall–Kier alpha value is -1.92. The first kappa shape index (κ1) is 14.5. The number of benzene rings is 1. The van der Waals surface area contributed by atoms with Gasteiger partial charge in [0.2, 0.25) is 10.0 Å². The molecule has 5 nitrogen and oxygen atoms in total. The Morgan fingerprint density at radius 3 is 2.65 bits per heavy atom. The first-order valence-electron chi connectivity index (χ1n) is 6.10. The number of nitrogens with zero attached hydrogens (tertiary/aromatic N) is 1. The number of aromatic nitrogens is 1. The van der Waals surface area contributed by atoms with Gasteiger partial charge in [-0.25, -0.2) is 13.1 Å². The van der Waals surface area contributed by atoms with Crippen LogP contribution in [-0.2, 0) is 23.6 Å². The van der Waals surface area contributed by atoms with E-state index in [-0.39, 0.29) is 17.2 Å². The average Bonchev–Trinajstić information content (AvgIpc) is 2.82. The topological polar surface area (TPSA) is 68.2 Å². The Morgan fingerprint density at radius 2 is 2.05 bits per heavy atom. The summed E-state index contributed by atoms with van der Waals surface area (Å²) in [7, 11) is -1.75. The van der Waals surface area contributed by atoms with Crippen molar-refractivity contribution < 1.29 is 13.2 Å². The molecule has 0 bridgehead atoms. The van der Waals surface area contributed by atoms with Crippen molar-refractivity contribution in [2.75, 3.05) is 0 Å². The predicted octanol–water partition coefficient (Wildman–Crippen LogP) is 1.71. The van der Waals surface area contributed by atoms with Crippen molar-refractivity contribution in [2.24, 2.45) is 7.05 Å². The monoisotopic (exact) mass is 292 g/mol. The van der Waals surface area contributed by atoms with Gasteiger partial charge in [-0.1, -0.05) is 12.1 Å². The predicted molar refractivity (Wildman–Crippen MR) is 75.9 cm³/mol. The summed E-state index contributed by atoms with van der Waals surface area (Å²) in [5.74, 6) is -0.162. The number of nitrogens with one attached hydrogen (secondary N) is 1. The molecule has 2 rings (SSSR count). The number of aryl methyl sites for hydroxylation is 1. The molecule has 0 radical (unpaired) electrons. The van der Waals surface area contributed by atoms with E-state index in [2.05, 4.69) is 4.72 Å². The molecule has 1 aromatic carbocycles. The zero-order chi connectivity index (χ0) is 14.8. The molecule has 0 atom stereocenters. The van der Waals surface area contributed by atoms with Crippen molar-refractivity contribution >= 4 is 15.8 Å². The summed E-state index contributed by atoms with van der Waals surface area (Å²) in [6, 6.07) is 7.86. The van der Waals surface area contributed by atoms with Crippen molar-refractivity contribution in [3.8, 4) is 0 Å². The van der Waals surface area contributed by atoms with E-state index >= 15 is 0 Å². The van der Waals surface area contributed by atoms with Gasteiger partial charge in [0.15, 0.2) is 5.78 Å². The highest BCUT2D eigenvalue weighted by Crippen LogP contribution is 2.12. The van der Waals surface area contributed by atoms with E-state index in [0.717, 1.165) is 5.56 Å². The zero-order valence-electron chi connectivity index (χ0n) is 11.3. The summed E-state index contributed by atoms with van der Waals surface area (Å²) in [6.45, 7) is 1.62. The molecular weight excluding hydrogens is 276 g/mol. The third-order valence-electron chi connectivity index (χ3n) is 2.91. The van der Waals surface area contributed by atoms with Gasteiger partial charge >= 0.3 is 0 Å². The summed E-state index contributed by atoms with van der Waals surface area (Å²) in [4.78, 5) is 11.4. The molecule has 1 heterocycles. The minimum absolute atomic E-state index is 0.0983. The molecule has 0 aliphatic carbocycles. The molecule has 0 aliphatic heterocycles. The van der Waals surface area contributed by atoms with E-state index in [0.29, 0.717) is 5.56 Å². The van der Waals surface area contributed by atoms with Gasteiger partial charge in [-0.3, -0.25) is 4.79 Å². The number of Topliss-reactive ketones (excluding diaryl/α,β-unsaturated/α-hetero) is 1. The molecule has 106 valence electrons. The summed E-state index contributed by atoms with van der Waals surface area (Å²) >= 11 is 0. The second-order valence-corrected chi connectivity index (χ2v) is 6.36. The van der Waals surface area contributed by atoms with Crippen LogP contribution in [-0.4, -0.2) is 18.8 Å². The minimum Gasteiger partial charge on any atom is -0.357 e. The number of carbonyl (C=O) groups excluding carboxylic acids is 1. The zero-order valence-corrected chi connectivity index (χ0v) is 12.1. The maximum absolute atomic E-state index is 12.2. The van der Waals surface area contributed by atoms with Gasteiger partial charge < -0.3 is 4.57 Å². The van der Waals surface area contributed by atoms with E-state index in [9.17, 15) is 13.2 Å². The molecule has 0 saturated carbocycles. The first-order valence-corrected chi connectivity index (χ1v) is 7.58. The van der Waals surface area contributed by atoms with Gasteiger partial charge in [0.1, 0.15) is 0 Å². The van der Waals surface area contributed by atoms with Crippen molar-refractivity contribution in [3.05, 3.63) is 53.9 Å². The quantitative estimate of drug-likeness (QED) is 0.853. The van der Waals surface area contributed by atoms with Crippen LogP contribution in [0.4, 0.5) is 0 Å². The third-order valence-corrected chi connectivity index (χ3v) is 4.31. The SMILES string of the molecule is CC(=O)c1cccc(S(=O)(=O)NCc2ccn(C)c2)c1. The van der Waals surface area contributed by atoms with Crippen LogP contribution in [0.25, 0.3) is 0 Å². The Bertz CT molecular complexity index is 732. The van der Waals surface area contributed by atoms with Gasteiger partial charge in [-0.05, 0) is 30.7 Å². The molecule has 1 N–H and O–H groups in total. The Labute approximate surface area is 118 Å². The molecule has 0 aliphatic rings. The Morgan fingerprint density at radius 1 is 1.30 bits per heavy atom. The van der Waals surface area contributed by atoms with E-state index in [1.807, 2.05) is 30.1 Å². The third kappa shape index (κ3) is 3.34. The molecule has 2 aromatic rings. The van der Waals surface area contributed by atoms with Crippen molar-refractivity contribution in [1.82, 2.24) is 9.29 Å². The highest BCUT2D eigenvalue weighted by Gasteiger charge is 2.15. The lowest BCUT2D eigenvalue weighted by Crippen LogP contribution is -2.23. The van der Waals surface area contributed by atoms with Gasteiger partial charge in [-0.15, -0.1) is 0 Å². The number of sulfonamides is 1. The van der Waals surface area contributed by atoms with E-state index in [1.54, 1.807) is 12.1 Å². The molecule has 0 spiro atoms. The normalized spacial score (nSPS) is 11.5. The highest BCUT2D eigenvalue weighted by molar-refractivity contribution is 7.89. The van der Waals surface area contributed by atoms with Crippen LogP contribution in [0.1, 0.15) is 22.8 Å². The fourth-order valence-electron chi connectivity index (χ4n) is 1.81. The maximum atomic E-state index is 12.2. The molecule has 1 aromatic heterocycles. The van der Waals surface area contributed by atoms with Gasteiger partial charge in [0.25, 0.3) is 0 Å². The molecule has 0 amide bonds. The maximum Gasteiger partial charge on any atom is 0.240 e. The highest BCUT2D eigenvalue weighted by atomic mass is 32.2. The summed E-state index contributed by atoms with van der Waals surface area (Å²) < 4.78 is 28.7. The smallest absolute Gasteiger partial charge is 0.240 e. The number of ketones is 1. The van der Waals surface area contributed by atoms with Crippen molar-refractivity contribution in [1.29, 1.82) is 0 Å². The minimum atomic E-state index is -3.62. The van der Waals surface area contributed by atoms with Crippen LogP contribution >= 0.6 is 0 Å². The summed E-state index contributed by atoms with van der Waals surface area (Å²) in [6.07, 6.45) is 3.69. The Balaban J connectivity index is 2.17. The van der Waals surface area contributed by atoms with Crippen molar-refractivity contribution in [2.45, 2.75) is 18.4 Å². The van der Waals surface area contributed by atoms with Crippen LogP contribution < -0.4 is 4.72 Å². The first-order chi connectivity index (χ1) is 9.38. The molecule has 0 unspecified atom stereocenters. The van der Waals surface area contributed by atoms with E-state index < -0.39 is 10.0 Å². The standard InChI is InChI=1S/C14H16N2O3S/c1-11(17)13-4-3-5-14(8-13)20(18,19)15-9-12-6-7-16(2)10-12/h3-8,10,15H,9H2,1-2H3. The Kier molecular flexibility index (Phi) is 4.06. The largest absolute Gasteiger partial charge is 0.357 e. The fraction of sp³-hybridized carbons (Fsp3) is 0.214. The molecule has 20 heavy (non-hydrogen) atoms. The summed E-state index contributed by atoms with van der Waals surface area (Å²) in [5, 5.41) is 0. The summed E-state index contributed by atoms with van der Waals surface area (Å²) in [5.41, 5.74) is 1.26. The number of hydrogen-bond donors (Lipinski definition) is 1. The van der Waals surface area contributed by atoms with E-state index in [1.165, 1.54) is 19.1 Å². The second-order valence-electron chi connectivity index (χ2n) is 4.59. The number of carbonyl (C=O) groups is 1. The number of hydrogen-bond acceptors (Lipinski definition) is 3.